The molecular weight excluding hydrogens is 306 g/mol. The third kappa shape index (κ3) is 3.79. The standard InChI is InChI=1S/C17H21N5O2/c1-13(23)21-9-4-15(5-10-21)17(24)19-12-14-3-7-18-16(11-14)22-8-2-6-20-22/h2-3,6-8,11,15H,4-5,9-10,12H2,1H3,(H,19,24). The van der Waals surface area contributed by atoms with Crippen molar-refractivity contribution < 1.29 is 9.59 Å². The Bertz CT molecular complexity index is 706. The molecule has 0 unspecified atom stereocenters. The molecule has 2 amide bonds. The average molecular weight is 327 g/mol. The van der Waals surface area contributed by atoms with Crippen LogP contribution in [0, 0.1) is 5.92 Å². The molecule has 7 nitrogen and oxygen atoms in total. The summed E-state index contributed by atoms with van der Waals surface area (Å²) >= 11 is 0. The highest BCUT2D eigenvalue weighted by molar-refractivity contribution is 5.79. The van der Waals surface area contributed by atoms with Crippen LogP contribution < -0.4 is 5.32 Å². The lowest BCUT2D eigenvalue weighted by molar-refractivity contribution is -0.134. The molecule has 24 heavy (non-hydrogen) atoms. The number of hydrogen-bond donors (Lipinski definition) is 1. The summed E-state index contributed by atoms with van der Waals surface area (Å²) in [6.45, 7) is 3.35. The number of pyridine rings is 1. The SMILES string of the molecule is CC(=O)N1CCC(C(=O)NCc2ccnc(-n3cccn3)c2)CC1. The van der Waals surface area contributed by atoms with Gasteiger partial charge in [0.05, 0.1) is 0 Å². The Morgan fingerprint density at radius 3 is 2.75 bits per heavy atom. The summed E-state index contributed by atoms with van der Waals surface area (Å²) in [5.74, 6) is 0.835. The number of carbonyl (C=O) groups excluding carboxylic acids is 2. The predicted molar refractivity (Wildman–Crippen MR) is 88.2 cm³/mol. The number of piperidine rings is 1. The molecule has 1 N–H and O–H groups in total. The number of aromatic nitrogens is 3. The van der Waals surface area contributed by atoms with E-state index in [0.29, 0.717) is 19.6 Å². The summed E-state index contributed by atoms with van der Waals surface area (Å²) in [7, 11) is 0. The van der Waals surface area contributed by atoms with Crippen molar-refractivity contribution in [1.29, 1.82) is 0 Å². The fourth-order valence-corrected chi connectivity index (χ4v) is 2.89. The van der Waals surface area contributed by atoms with Gasteiger partial charge in [0.25, 0.3) is 0 Å². The average Bonchev–Trinajstić information content (AvgIpc) is 3.15. The monoisotopic (exact) mass is 327 g/mol. The maximum Gasteiger partial charge on any atom is 0.223 e. The van der Waals surface area contributed by atoms with Gasteiger partial charge in [-0.1, -0.05) is 0 Å². The summed E-state index contributed by atoms with van der Waals surface area (Å²) in [5.41, 5.74) is 0.977. The lowest BCUT2D eigenvalue weighted by Crippen LogP contribution is -2.42. The fourth-order valence-electron chi connectivity index (χ4n) is 2.89. The molecule has 1 saturated heterocycles. The zero-order chi connectivity index (χ0) is 16.9. The van der Waals surface area contributed by atoms with Crippen LogP contribution in [0.4, 0.5) is 0 Å². The van der Waals surface area contributed by atoms with Gasteiger partial charge in [0, 0.05) is 51.1 Å². The smallest absolute Gasteiger partial charge is 0.223 e. The molecule has 0 radical (unpaired) electrons. The van der Waals surface area contributed by atoms with Crippen LogP contribution in [0.15, 0.2) is 36.8 Å². The molecule has 0 aliphatic carbocycles. The number of amides is 2. The van der Waals surface area contributed by atoms with Gasteiger partial charge in [0.1, 0.15) is 0 Å². The van der Waals surface area contributed by atoms with Gasteiger partial charge < -0.3 is 10.2 Å². The Morgan fingerprint density at radius 1 is 1.29 bits per heavy atom. The Balaban J connectivity index is 1.53. The summed E-state index contributed by atoms with van der Waals surface area (Å²) in [4.78, 5) is 29.7. The van der Waals surface area contributed by atoms with Crippen LogP contribution in [0.3, 0.4) is 0 Å². The van der Waals surface area contributed by atoms with Crippen LogP contribution in [-0.2, 0) is 16.1 Å². The zero-order valence-corrected chi connectivity index (χ0v) is 13.7. The van der Waals surface area contributed by atoms with Crippen molar-refractivity contribution in [3.63, 3.8) is 0 Å². The molecule has 3 heterocycles. The predicted octanol–water partition coefficient (Wildman–Crippen LogP) is 1.14. The van der Waals surface area contributed by atoms with Gasteiger partial charge in [0.2, 0.25) is 11.8 Å². The van der Waals surface area contributed by atoms with Crippen molar-refractivity contribution in [3.05, 3.63) is 42.4 Å². The minimum atomic E-state index is -0.0203. The van der Waals surface area contributed by atoms with E-state index in [4.69, 9.17) is 0 Å². The molecule has 2 aromatic rings. The molecule has 0 spiro atoms. The van der Waals surface area contributed by atoms with Crippen LogP contribution in [0.1, 0.15) is 25.3 Å². The molecule has 1 fully saturated rings. The second kappa shape index (κ2) is 7.25. The third-order valence-electron chi connectivity index (χ3n) is 4.33. The maximum absolute atomic E-state index is 12.3. The van der Waals surface area contributed by atoms with Crippen molar-refractivity contribution in [3.8, 4) is 5.82 Å². The largest absolute Gasteiger partial charge is 0.352 e. The van der Waals surface area contributed by atoms with Gasteiger partial charge in [-0.25, -0.2) is 9.67 Å². The van der Waals surface area contributed by atoms with E-state index in [-0.39, 0.29) is 17.7 Å². The number of nitrogens with one attached hydrogen (secondary N) is 1. The van der Waals surface area contributed by atoms with E-state index in [1.54, 1.807) is 28.9 Å². The summed E-state index contributed by atoms with van der Waals surface area (Å²) in [6.07, 6.45) is 6.68. The van der Waals surface area contributed by atoms with E-state index in [9.17, 15) is 9.59 Å². The van der Waals surface area contributed by atoms with Gasteiger partial charge in [-0.3, -0.25) is 9.59 Å². The Hall–Kier alpha value is -2.70. The third-order valence-corrected chi connectivity index (χ3v) is 4.33. The molecule has 1 aliphatic heterocycles. The lowest BCUT2D eigenvalue weighted by atomic mass is 9.96. The van der Waals surface area contributed by atoms with E-state index in [1.165, 1.54) is 0 Å². The minimum Gasteiger partial charge on any atom is -0.352 e. The van der Waals surface area contributed by atoms with E-state index in [2.05, 4.69) is 15.4 Å². The molecule has 7 heteroatoms. The van der Waals surface area contributed by atoms with Crippen molar-refractivity contribution in [2.45, 2.75) is 26.3 Å². The quantitative estimate of drug-likeness (QED) is 0.913. The number of likely N-dealkylation sites (tertiary alicyclic amines) is 1. The van der Waals surface area contributed by atoms with Crippen LogP contribution in [0.5, 0.6) is 0 Å². The molecule has 1 aliphatic rings. The van der Waals surface area contributed by atoms with Crippen molar-refractivity contribution in [2.24, 2.45) is 5.92 Å². The molecule has 126 valence electrons. The summed E-state index contributed by atoms with van der Waals surface area (Å²) in [6, 6.07) is 5.63. The molecule has 2 aromatic heterocycles. The number of carbonyl (C=O) groups is 2. The first kappa shape index (κ1) is 16.2. The molecular formula is C17H21N5O2. The van der Waals surface area contributed by atoms with Gasteiger partial charge in [0.15, 0.2) is 5.82 Å². The van der Waals surface area contributed by atoms with Crippen LogP contribution in [0.25, 0.3) is 5.82 Å². The number of hydrogen-bond acceptors (Lipinski definition) is 4. The maximum atomic E-state index is 12.3. The Kier molecular flexibility index (Phi) is 4.88. The van der Waals surface area contributed by atoms with Gasteiger partial charge in [-0.2, -0.15) is 5.10 Å². The Morgan fingerprint density at radius 2 is 2.08 bits per heavy atom. The molecule has 0 atom stereocenters. The Labute approximate surface area is 140 Å². The molecule has 0 bridgehead atoms. The van der Waals surface area contributed by atoms with E-state index in [1.807, 2.05) is 24.4 Å². The molecule has 0 saturated carbocycles. The van der Waals surface area contributed by atoms with Crippen molar-refractivity contribution in [2.75, 3.05) is 13.1 Å². The van der Waals surface area contributed by atoms with E-state index >= 15 is 0 Å². The number of rotatable bonds is 4. The second-order valence-electron chi connectivity index (χ2n) is 5.97. The van der Waals surface area contributed by atoms with Gasteiger partial charge in [-0.05, 0) is 36.6 Å². The lowest BCUT2D eigenvalue weighted by Gasteiger charge is -2.30. The number of nitrogens with zero attached hydrogens (tertiary/aromatic N) is 4. The summed E-state index contributed by atoms with van der Waals surface area (Å²) < 4.78 is 1.68. The molecule has 0 aromatic carbocycles. The van der Waals surface area contributed by atoms with Gasteiger partial charge in [-0.15, -0.1) is 0 Å². The minimum absolute atomic E-state index is 0.0203. The normalized spacial score (nSPS) is 15.3. The second-order valence-corrected chi connectivity index (χ2v) is 5.97. The highest BCUT2D eigenvalue weighted by atomic mass is 16.2. The topological polar surface area (TPSA) is 80.1 Å². The summed E-state index contributed by atoms with van der Waals surface area (Å²) in [5, 5.41) is 7.14. The first-order valence-corrected chi connectivity index (χ1v) is 8.11. The van der Waals surface area contributed by atoms with E-state index < -0.39 is 0 Å². The fraction of sp³-hybridized carbons (Fsp3) is 0.412. The van der Waals surface area contributed by atoms with Crippen LogP contribution >= 0.6 is 0 Å². The van der Waals surface area contributed by atoms with Gasteiger partial charge >= 0.3 is 0 Å². The first-order chi connectivity index (χ1) is 11.6. The highest BCUT2D eigenvalue weighted by Crippen LogP contribution is 2.17. The van der Waals surface area contributed by atoms with Crippen LogP contribution in [0.2, 0.25) is 0 Å². The zero-order valence-electron chi connectivity index (χ0n) is 13.7. The van der Waals surface area contributed by atoms with E-state index in [0.717, 1.165) is 24.2 Å². The molecule has 3 rings (SSSR count). The highest BCUT2D eigenvalue weighted by Gasteiger charge is 2.25. The first-order valence-electron chi connectivity index (χ1n) is 8.11. The van der Waals surface area contributed by atoms with Crippen molar-refractivity contribution >= 4 is 11.8 Å². The van der Waals surface area contributed by atoms with Crippen LogP contribution in [-0.4, -0.2) is 44.6 Å². The van der Waals surface area contributed by atoms with Crippen molar-refractivity contribution in [1.82, 2.24) is 25.0 Å².